The Morgan fingerprint density at radius 2 is 2.25 bits per heavy atom. The number of hydrogen-bond donors (Lipinski definition) is 1. The number of hydrogen-bond acceptors (Lipinski definition) is 4. The van der Waals surface area contributed by atoms with Crippen molar-refractivity contribution in [3.05, 3.63) is 46.5 Å². The molecule has 0 spiro atoms. The molecule has 0 saturated heterocycles. The molecule has 0 fully saturated rings. The fraction of sp³-hybridized carbons (Fsp3) is 0.0769. The number of rotatable bonds is 2. The van der Waals surface area contributed by atoms with Crippen LogP contribution >= 0.6 is 11.6 Å². The summed E-state index contributed by atoms with van der Waals surface area (Å²) in [6, 6.07) is 5.53. The van der Waals surface area contributed by atoms with Crippen LogP contribution in [0.5, 0.6) is 0 Å². The number of nitrogen functional groups attached to an aromatic ring is 1. The van der Waals surface area contributed by atoms with Crippen molar-refractivity contribution >= 4 is 23.3 Å². The smallest absolute Gasteiger partial charge is 0.357 e. The molecule has 0 saturated carbocycles. The molecular weight excluding hydrogens is 285 g/mol. The highest BCUT2D eigenvalue weighted by atomic mass is 35.5. The molecule has 0 aliphatic carbocycles. The van der Waals surface area contributed by atoms with Gasteiger partial charge in [-0.05, 0) is 18.2 Å². The maximum Gasteiger partial charge on any atom is 0.357 e. The first-order valence-corrected chi connectivity index (χ1v) is 5.82. The van der Waals surface area contributed by atoms with Gasteiger partial charge in [0.25, 0.3) is 0 Å². The maximum absolute atomic E-state index is 13.1. The van der Waals surface area contributed by atoms with Gasteiger partial charge in [-0.2, -0.15) is 5.26 Å². The van der Waals surface area contributed by atoms with E-state index in [0.29, 0.717) is 5.69 Å². The lowest BCUT2D eigenvalue weighted by atomic mass is 10.2. The molecule has 0 amide bonds. The van der Waals surface area contributed by atoms with Crippen molar-refractivity contribution in [1.29, 1.82) is 5.26 Å². The van der Waals surface area contributed by atoms with E-state index in [2.05, 4.69) is 4.74 Å². The Hall–Kier alpha value is -2.52. The second-order valence-electron chi connectivity index (χ2n) is 3.87. The Morgan fingerprint density at radius 3 is 2.80 bits per heavy atom. The number of anilines is 1. The SMILES string of the molecule is COC(=O)c1c(N)c(C#N)cn1-c1ccc(F)cc1Cl. The zero-order chi connectivity index (χ0) is 14.9. The van der Waals surface area contributed by atoms with Gasteiger partial charge < -0.3 is 15.0 Å². The topological polar surface area (TPSA) is 81.0 Å². The molecule has 20 heavy (non-hydrogen) atoms. The lowest BCUT2D eigenvalue weighted by Crippen LogP contribution is -2.11. The van der Waals surface area contributed by atoms with Gasteiger partial charge in [-0.25, -0.2) is 9.18 Å². The number of nitrogens with two attached hydrogens (primary N) is 1. The molecule has 1 aromatic heterocycles. The summed E-state index contributed by atoms with van der Waals surface area (Å²) in [6.07, 6.45) is 1.35. The van der Waals surface area contributed by atoms with Crippen LogP contribution in [0.3, 0.4) is 0 Å². The average molecular weight is 294 g/mol. The van der Waals surface area contributed by atoms with Gasteiger partial charge in [0.2, 0.25) is 0 Å². The molecule has 7 heteroatoms. The van der Waals surface area contributed by atoms with Crippen LogP contribution < -0.4 is 5.73 Å². The third-order valence-corrected chi connectivity index (χ3v) is 3.02. The second kappa shape index (κ2) is 5.23. The predicted molar refractivity (Wildman–Crippen MR) is 71.2 cm³/mol. The standard InChI is InChI=1S/C13H9ClFN3O2/c1-20-13(19)12-11(17)7(5-16)6-18(12)10-3-2-8(15)4-9(10)14/h2-4,6H,17H2,1H3. The Morgan fingerprint density at radius 1 is 1.55 bits per heavy atom. The molecule has 5 nitrogen and oxygen atoms in total. The van der Waals surface area contributed by atoms with E-state index in [4.69, 9.17) is 22.6 Å². The third kappa shape index (κ3) is 2.19. The van der Waals surface area contributed by atoms with E-state index in [1.165, 1.54) is 30.0 Å². The molecule has 102 valence electrons. The highest BCUT2D eigenvalue weighted by Gasteiger charge is 2.22. The lowest BCUT2D eigenvalue weighted by Gasteiger charge is -2.10. The van der Waals surface area contributed by atoms with Crippen LogP contribution in [0.2, 0.25) is 5.02 Å². The van der Waals surface area contributed by atoms with Gasteiger partial charge in [0.1, 0.15) is 11.9 Å². The number of nitriles is 1. The van der Waals surface area contributed by atoms with Crippen LogP contribution in [0.1, 0.15) is 16.1 Å². The fourth-order valence-corrected chi connectivity index (χ4v) is 2.04. The van der Waals surface area contributed by atoms with E-state index < -0.39 is 11.8 Å². The number of nitrogens with zero attached hydrogens (tertiary/aromatic N) is 2. The lowest BCUT2D eigenvalue weighted by molar-refractivity contribution is 0.0593. The van der Waals surface area contributed by atoms with Gasteiger partial charge in [-0.1, -0.05) is 11.6 Å². The molecule has 0 aliphatic heterocycles. The van der Waals surface area contributed by atoms with Gasteiger partial charge in [-0.15, -0.1) is 0 Å². The van der Waals surface area contributed by atoms with Gasteiger partial charge in [0.05, 0.1) is 29.1 Å². The highest BCUT2D eigenvalue weighted by Crippen LogP contribution is 2.29. The molecular formula is C13H9ClFN3O2. The summed E-state index contributed by atoms with van der Waals surface area (Å²) >= 11 is 5.95. The van der Waals surface area contributed by atoms with Crippen molar-refractivity contribution in [2.45, 2.75) is 0 Å². The summed E-state index contributed by atoms with van der Waals surface area (Å²) in [5.74, 6) is -1.23. The fourth-order valence-electron chi connectivity index (χ4n) is 1.78. The first-order chi connectivity index (χ1) is 9.49. The van der Waals surface area contributed by atoms with Crippen molar-refractivity contribution in [3.63, 3.8) is 0 Å². The van der Waals surface area contributed by atoms with Crippen LogP contribution in [0.4, 0.5) is 10.1 Å². The van der Waals surface area contributed by atoms with Crippen molar-refractivity contribution < 1.29 is 13.9 Å². The van der Waals surface area contributed by atoms with E-state index in [-0.39, 0.29) is 22.0 Å². The zero-order valence-electron chi connectivity index (χ0n) is 10.4. The molecule has 0 unspecified atom stereocenters. The number of carbonyl (C=O) groups is 1. The molecule has 0 aliphatic rings. The monoisotopic (exact) mass is 293 g/mol. The summed E-state index contributed by atoms with van der Waals surface area (Å²) in [7, 11) is 1.19. The molecule has 0 atom stereocenters. The minimum atomic E-state index is -0.718. The van der Waals surface area contributed by atoms with E-state index in [1.807, 2.05) is 6.07 Å². The Balaban J connectivity index is 2.74. The Bertz CT molecular complexity index is 734. The van der Waals surface area contributed by atoms with E-state index >= 15 is 0 Å². The zero-order valence-corrected chi connectivity index (χ0v) is 11.1. The summed E-state index contributed by atoms with van der Waals surface area (Å²) in [6.45, 7) is 0. The number of carbonyl (C=O) groups excluding carboxylic acids is 1. The number of ether oxygens (including phenoxy) is 1. The number of methoxy groups -OCH3 is 1. The van der Waals surface area contributed by atoms with Crippen molar-refractivity contribution in [2.24, 2.45) is 0 Å². The van der Waals surface area contributed by atoms with Crippen molar-refractivity contribution in [2.75, 3.05) is 12.8 Å². The van der Waals surface area contributed by atoms with Crippen molar-refractivity contribution in [3.8, 4) is 11.8 Å². The summed E-state index contributed by atoms with van der Waals surface area (Å²) in [5.41, 5.74) is 6.13. The number of esters is 1. The molecule has 2 N–H and O–H groups in total. The largest absolute Gasteiger partial charge is 0.464 e. The molecule has 0 bridgehead atoms. The first kappa shape index (κ1) is 13.9. The molecule has 2 aromatic rings. The van der Waals surface area contributed by atoms with Crippen LogP contribution in [-0.2, 0) is 4.74 Å². The number of aromatic nitrogens is 1. The van der Waals surface area contributed by atoms with E-state index in [0.717, 1.165) is 6.07 Å². The van der Waals surface area contributed by atoms with Crippen LogP contribution in [0.15, 0.2) is 24.4 Å². The van der Waals surface area contributed by atoms with Gasteiger partial charge in [-0.3, -0.25) is 0 Å². The third-order valence-electron chi connectivity index (χ3n) is 2.71. The Kier molecular flexibility index (Phi) is 3.63. The molecule has 1 aromatic carbocycles. The average Bonchev–Trinajstić information content (AvgIpc) is 2.74. The normalized spacial score (nSPS) is 10.1. The summed E-state index contributed by atoms with van der Waals surface area (Å²) < 4.78 is 19.0. The predicted octanol–water partition coefficient (Wildman–Crippen LogP) is 2.51. The quantitative estimate of drug-likeness (QED) is 0.863. The highest BCUT2D eigenvalue weighted by molar-refractivity contribution is 6.32. The van der Waals surface area contributed by atoms with Crippen LogP contribution in [0, 0.1) is 17.1 Å². The van der Waals surface area contributed by atoms with E-state index in [9.17, 15) is 9.18 Å². The summed E-state index contributed by atoms with van der Waals surface area (Å²) in [4.78, 5) is 11.8. The maximum atomic E-state index is 13.1. The summed E-state index contributed by atoms with van der Waals surface area (Å²) in [5, 5.41) is 9.06. The number of halogens is 2. The minimum absolute atomic E-state index is 0.0141. The Labute approximate surface area is 118 Å². The molecule has 1 heterocycles. The van der Waals surface area contributed by atoms with Gasteiger partial charge >= 0.3 is 5.97 Å². The first-order valence-electron chi connectivity index (χ1n) is 5.44. The molecule has 0 radical (unpaired) electrons. The van der Waals surface area contributed by atoms with Gasteiger partial charge in [0.15, 0.2) is 5.69 Å². The van der Waals surface area contributed by atoms with E-state index in [1.54, 1.807) is 0 Å². The van der Waals surface area contributed by atoms with Crippen molar-refractivity contribution in [1.82, 2.24) is 4.57 Å². The second-order valence-corrected chi connectivity index (χ2v) is 4.28. The minimum Gasteiger partial charge on any atom is -0.464 e. The molecule has 2 rings (SSSR count). The van der Waals surface area contributed by atoms with Crippen LogP contribution in [0.25, 0.3) is 5.69 Å². The van der Waals surface area contributed by atoms with Gasteiger partial charge in [0, 0.05) is 6.20 Å². The van der Waals surface area contributed by atoms with Crippen LogP contribution in [-0.4, -0.2) is 17.6 Å². The number of benzene rings is 1.